The first-order valence-electron chi connectivity index (χ1n) is 2.76. The maximum Gasteiger partial charge on any atom is 0.247 e. The van der Waals surface area contributed by atoms with Gasteiger partial charge in [-0.15, -0.1) is 0 Å². The molecule has 0 spiro atoms. The number of nitrogens with two attached hydrogens (primary N) is 1. The number of nitrogens with one attached hydrogen (secondary N) is 1. The van der Waals surface area contributed by atoms with Gasteiger partial charge in [0.25, 0.3) is 0 Å². The van der Waals surface area contributed by atoms with Gasteiger partial charge < -0.3 is 11.1 Å². The van der Waals surface area contributed by atoms with Crippen LogP contribution in [-0.2, 0) is 4.79 Å². The molecule has 3 N–H and O–H groups in total. The molecule has 1 amide bonds. The molecule has 9 heavy (non-hydrogen) atoms. The highest BCUT2D eigenvalue weighted by Crippen LogP contribution is 1.84. The van der Waals surface area contributed by atoms with Crippen molar-refractivity contribution in [2.45, 2.75) is 20.0 Å². The SMILES string of the molecule is C=C(C)C(=O)NC(C)N. The van der Waals surface area contributed by atoms with Crippen molar-refractivity contribution in [3.05, 3.63) is 12.2 Å². The molecule has 3 heteroatoms. The van der Waals surface area contributed by atoms with Gasteiger partial charge in [0, 0.05) is 5.57 Å². The van der Waals surface area contributed by atoms with Crippen LogP contribution in [0.4, 0.5) is 0 Å². The van der Waals surface area contributed by atoms with Crippen LogP contribution >= 0.6 is 0 Å². The summed E-state index contributed by atoms with van der Waals surface area (Å²) in [4.78, 5) is 10.7. The van der Waals surface area contributed by atoms with E-state index in [4.69, 9.17) is 5.73 Å². The van der Waals surface area contributed by atoms with Crippen LogP contribution in [0.3, 0.4) is 0 Å². The third-order valence-electron chi connectivity index (χ3n) is 0.746. The van der Waals surface area contributed by atoms with Gasteiger partial charge in [-0.2, -0.15) is 0 Å². The Balaban J connectivity index is 3.65. The largest absolute Gasteiger partial charge is 0.338 e. The van der Waals surface area contributed by atoms with Gasteiger partial charge in [-0.25, -0.2) is 0 Å². The van der Waals surface area contributed by atoms with Gasteiger partial charge in [0.1, 0.15) is 0 Å². The molecule has 1 atom stereocenters. The van der Waals surface area contributed by atoms with E-state index in [1.54, 1.807) is 13.8 Å². The minimum Gasteiger partial charge on any atom is -0.338 e. The number of amides is 1. The summed E-state index contributed by atoms with van der Waals surface area (Å²) in [6.45, 7) is 6.77. The topological polar surface area (TPSA) is 55.1 Å². The van der Waals surface area contributed by atoms with Crippen molar-refractivity contribution in [2.75, 3.05) is 0 Å². The Hall–Kier alpha value is -0.830. The van der Waals surface area contributed by atoms with Crippen LogP contribution in [0, 0.1) is 0 Å². The normalized spacial score (nSPS) is 12.3. The Kier molecular flexibility index (Phi) is 2.95. The number of hydrogen-bond acceptors (Lipinski definition) is 2. The van der Waals surface area contributed by atoms with Crippen LogP contribution in [0.15, 0.2) is 12.2 Å². The van der Waals surface area contributed by atoms with Gasteiger partial charge >= 0.3 is 0 Å². The van der Waals surface area contributed by atoms with Crippen molar-refractivity contribution in [3.8, 4) is 0 Å². The molecule has 0 aliphatic carbocycles. The average molecular weight is 128 g/mol. The Morgan fingerprint density at radius 2 is 2.22 bits per heavy atom. The molecule has 1 unspecified atom stereocenters. The van der Waals surface area contributed by atoms with Gasteiger partial charge in [-0.05, 0) is 13.8 Å². The lowest BCUT2D eigenvalue weighted by Crippen LogP contribution is -2.39. The van der Waals surface area contributed by atoms with Crippen LogP contribution in [0.2, 0.25) is 0 Å². The predicted molar refractivity (Wildman–Crippen MR) is 36.6 cm³/mol. The summed E-state index contributed by atoms with van der Waals surface area (Å²) < 4.78 is 0. The molecule has 0 heterocycles. The van der Waals surface area contributed by atoms with E-state index in [1.807, 2.05) is 0 Å². The van der Waals surface area contributed by atoms with Gasteiger partial charge in [0.2, 0.25) is 5.91 Å². The molecular formula is C6H12N2O. The molecule has 0 saturated heterocycles. The number of carbonyl (C=O) groups is 1. The summed E-state index contributed by atoms with van der Waals surface area (Å²) >= 11 is 0. The lowest BCUT2D eigenvalue weighted by Gasteiger charge is -2.06. The zero-order chi connectivity index (χ0) is 7.44. The summed E-state index contributed by atoms with van der Waals surface area (Å²) in [6, 6.07) is 0. The molecule has 0 aromatic carbocycles. The van der Waals surface area contributed by atoms with E-state index < -0.39 is 0 Å². The minimum atomic E-state index is -0.297. The monoisotopic (exact) mass is 128 g/mol. The van der Waals surface area contributed by atoms with E-state index in [2.05, 4.69) is 11.9 Å². The van der Waals surface area contributed by atoms with Crippen LogP contribution in [0.1, 0.15) is 13.8 Å². The first-order chi connectivity index (χ1) is 4.04. The lowest BCUT2D eigenvalue weighted by atomic mass is 10.3. The third-order valence-corrected chi connectivity index (χ3v) is 0.746. The molecule has 0 aliphatic heterocycles. The van der Waals surface area contributed by atoms with E-state index in [1.165, 1.54) is 0 Å². The Morgan fingerprint density at radius 3 is 2.33 bits per heavy atom. The molecule has 0 radical (unpaired) electrons. The van der Waals surface area contributed by atoms with E-state index in [0.717, 1.165) is 0 Å². The van der Waals surface area contributed by atoms with Crippen molar-refractivity contribution in [3.63, 3.8) is 0 Å². The van der Waals surface area contributed by atoms with E-state index in [0.29, 0.717) is 5.57 Å². The predicted octanol–water partition coefficient (Wildman–Crippen LogP) is -0.0166. The molecule has 0 bridgehead atoms. The average Bonchev–Trinajstić information content (AvgIpc) is 1.63. The Labute approximate surface area is 54.9 Å². The fourth-order valence-electron chi connectivity index (χ4n) is 0.330. The van der Waals surface area contributed by atoms with Gasteiger partial charge in [-0.1, -0.05) is 6.58 Å². The highest BCUT2D eigenvalue weighted by molar-refractivity contribution is 5.92. The summed E-state index contributed by atoms with van der Waals surface area (Å²) in [5.41, 5.74) is 5.74. The number of carbonyl (C=O) groups excluding carboxylic acids is 1. The fourth-order valence-corrected chi connectivity index (χ4v) is 0.330. The summed E-state index contributed by atoms with van der Waals surface area (Å²) in [5, 5.41) is 2.48. The zero-order valence-electron chi connectivity index (χ0n) is 5.77. The molecule has 0 saturated carbocycles. The van der Waals surface area contributed by atoms with Gasteiger partial charge in [-0.3, -0.25) is 4.79 Å². The second kappa shape index (κ2) is 3.25. The van der Waals surface area contributed by atoms with E-state index >= 15 is 0 Å². The van der Waals surface area contributed by atoms with Gasteiger partial charge in [0.05, 0.1) is 6.17 Å². The second-order valence-electron chi connectivity index (χ2n) is 2.04. The molecule has 3 nitrogen and oxygen atoms in total. The molecule has 52 valence electrons. The number of rotatable bonds is 2. The first-order valence-corrected chi connectivity index (χ1v) is 2.76. The fraction of sp³-hybridized carbons (Fsp3) is 0.500. The van der Waals surface area contributed by atoms with Crippen molar-refractivity contribution in [2.24, 2.45) is 5.73 Å². The molecule has 0 rings (SSSR count). The summed E-state index contributed by atoms with van der Waals surface area (Å²) in [7, 11) is 0. The summed E-state index contributed by atoms with van der Waals surface area (Å²) in [5.74, 6) is -0.190. The highest BCUT2D eigenvalue weighted by Gasteiger charge is 2.01. The lowest BCUT2D eigenvalue weighted by molar-refractivity contribution is -0.117. The van der Waals surface area contributed by atoms with Crippen LogP contribution < -0.4 is 11.1 Å². The molecule has 0 aliphatic rings. The third kappa shape index (κ3) is 3.73. The van der Waals surface area contributed by atoms with E-state index in [9.17, 15) is 4.79 Å². The Morgan fingerprint density at radius 1 is 1.78 bits per heavy atom. The first kappa shape index (κ1) is 8.17. The van der Waals surface area contributed by atoms with Crippen LogP contribution in [0.25, 0.3) is 0 Å². The smallest absolute Gasteiger partial charge is 0.247 e. The minimum absolute atomic E-state index is 0.190. The van der Waals surface area contributed by atoms with Crippen molar-refractivity contribution < 1.29 is 4.79 Å². The zero-order valence-corrected chi connectivity index (χ0v) is 5.77. The second-order valence-corrected chi connectivity index (χ2v) is 2.04. The van der Waals surface area contributed by atoms with Crippen molar-refractivity contribution in [1.82, 2.24) is 5.32 Å². The van der Waals surface area contributed by atoms with Crippen molar-refractivity contribution >= 4 is 5.91 Å². The summed E-state index contributed by atoms with van der Waals surface area (Å²) in [6.07, 6.45) is -0.297. The highest BCUT2D eigenvalue weighted by atomic mass is 16.1. The maximum atomic E-state index is 10.7. The van der Waals surface area contributed by atoms with E-state index in [-0.39, 0.29) is 12.1 Å². The molecule has 0 fully saturated rings. The van der Waals surface area contributed by atoms with Crippen LogP contribution in [0.5, 0.6) is 0 Å². The molecule has 0 aromatic rings. The standard InChI is InChI=1S/C6H12N2O/c1-4(2)6(9)8-5(3)7/h5H,1,7H2,2-3H3,(H,8,9). The quantitative estimate of drug-likeness (QED) is 0.405. The van der Waals surface area contributed by atoms with Gasteiger partial charge in [0.15, 0.2) is 0 Å². The maximum absolute atomic E-state index is 10.7. The molecule has 0 aromatic heterocycles. The number of hydrogen-bond donors (Lipinski definition) is 2. The van der Waals surface area contributed by atoms with Crippen molar-refractivity contribution in [1.29, 1.82) is 0 Å². The molecular weight excluding hydrogens is 116 g/mol. The van der Waals surface area contributed by atoms with Crippen LogP contribution in [-0.4, -0.2) is 12.1 Å². The Bertz CT molecular complexity index is 129.